The van der Waals surface area contributed by atoms with Gasteiger partial charge in [-0.2, -0.15) is 0 Å². The van der Waals surface area contributed by atoms with Crippen LogP contribution in [0.15, 0.2) is 22.7 Å². The zero-order valence-corrected chi connectivity index (χ0v) is 11.0. The third-order valence-corrected chi connectivity index (χ3v) is 3.92. The molecular formula is C11H9BrClNO3. The largest absolute Gasteiger partial charge is 0.481 e. The van der Waals surface area contributed by atoms with Gasteiger partial charge in [-0.1, -0.05) is 11.6 Å². The molecule has 1 heterocycles. The normalized spacial score (nSPS) is 19.8. The van der Waals surface area contributed by atoms with Crippen LogP contribution in [0.2, 0.25) is 5.02 Å². The van der Waals surface area contributed by atoms with Crippen LogP contribution in [0, 0.1) is 5.92 Å². The van der Waals surface area contributed by atoms with Gasteiger partial charge < -0.3 is 10.0 Å². The number of hydrogen-bond donors (Lipinski definition) is 1. The molecule has 17 heavy (non-hydrogen) atoms. The molecule has 6 heteroatoms. The Kier molecular flexibility index (Phi) is 3.40. The molecular weight excluding hydrogens is 309 g/mol. The highest BCUT2D eigenvalue weighted by Gasteiger charge is 2.35. The summed E-state index contributed by atoms with van der Waals surface area (Å²) in [5.41, 5.74) is 0.631. The van der Waals surface area contributed by atoms with E-state index in [9.17, 15) is 9.59 Å². The van der Waals surface area contributed by atoms with Crippen molar-refractivity contribution in [3.05, 3.63) is 27.7 Å². The summed E-state index contributed by atoms with van der Waals surface area (Å²) in [6.07, 6.45) is 0.0447. The third-order valence-electron chi connectivity index (χ3n) is 2.69. The van der Waals surface area contributed by atoms with Crippen molar-refractivity contribution in [3.8, 4) is 0 Å². The zero-order valence-electron chi connectivity index (χ0n) is 8.69. The van der Waals surface area contributed by atoms with Crippen LogP contribution in [0.25, 0.3) is 0 Å². The molecule has 1 aliphatic rings. The molecule has 1 fully saturated rings. The maximum absolute atomic E-state index is 11.7. The topological polar surface area (TPSA) is 57.6 Å². The lowest BCUT2D eigenvalue weighted by molar-refractivity contribution is -0.141. The number of halogens is 2. The summed E-state index contributed by atoms with van der Waals surface area (Å²) in [5.74, 6) is -1.76. The fraction of sp³-hybridized carbons (Fsp3) is 0.273. The maximum atomic E-state index is 11.7. The van der Waals surface area contributed by atoms with Crippen LogP contribution < -0.4 is 4.90 Å². The average molecular weight is 319 g/mol. The van der Waals surface area contributed by atoms with E-state index in [2.05, 4.69) is 15.9 Å². The Balaban J connectivity index is 2.26. The van der Waals surface area contributed by atoms with Gasteiger partial charge in [-0.3, -0.25) is 9.59 Å². The molecule has 1 atom stereocenters. The standard InChI is InChI=1S/C11H9BrClNO3/c12-8-2-1-7(4-9(8)13)14-5-6(11(16)17)3-10(14)15/h1-2,4,6H,3,5H2,(H,16,17)/t6-/m0/s1. The number of hydrogen-bond acceptors (Lipinski definition) is 2. The van der Waals surface area contributed by atoms with Gasteiger partial charge in [0.15, 0.2) is 0 Å². The SMILES string of the molecule is O=C(O)[C@H]1CC(=O)N(c2ccc(Br)c(Cl)c2)C1. The number of amides is 1. The molecule has 1 aliphatic heterocycles. The Morgan fingerprint density at radius 2 is 2.24 bits per heavy atom. The smallest absolute Gasteiger partial charge is 0.308 e. The van der Waals surface area contributed by atoms with Gasteiger partial charge in [-0.15, -0.1) is 0 Å². The molecule has 1 N–H and O–H groups in total. The molecule has 0 aromatic heterocycles. The van der Waals surface area contributed by atoms with Gasteiger partial charge >= 0.3 is 5.97 Å². The van der Waals surface area contributed by atoms with Gasteiger partial charge in [-0.25, -0.2) is 0 Å². The Morgan fingerprint density at radius 1 is 1.53 bits per heavy atom. The summed E-state index contributed by atoms with van der Waals surface area (Å²) in [7, 11) is 0. The molecule has 0 radical (unpaired) electrons. The maximum Gasteiger partial charge on any atom is 0.308 e. The first kappa shape index (κ1) is 12.4. The second-order valence-electron chi connectivity index (χ2n) is 3.84. The number of anilines is 1. The first-order valence-corrected chi connectivity index (χ1v) is 6.14. The Hall–Kier alpha value is -1.07. The highest BCUT2D eigenvalue weighted by molar-refractivity contribution is 9.10. The number of nitrogens with zero attached hydrogens (tertiary/aromatic N) is 1. The number of aliphatic carboxylic acids is 1. The minimum atomic E-state index is -0.941. The van der Waals surface area contributed by atoms with Crippen LogP contribution in [0.1, 0.15) is 6.42 Å². The van der Waals surface area contributed by atoms with Crippen LogP contribution in [-0.2, 0) is 9.59 Å². The van der Waals surface area contributed by atoms with Crippen molar-refractivity contribution in [1.82, 2.24) is 0 Å². The molecule has 0 saturated carbocycles. The summed E-state index contributed by atoms with van der Waals surface area (Å²) in [6, 6.07) is 5.12. The second-order valence-corrected chi connectivity index (χ2v) is 5.10. The molecule has 1 aromatic carbocycles. The summed E-state index contributed by atoms with van der Waals surface area (Å²) >= 11 is 9.20. The van der Waals surface area contributed by atoms with Crippen LogP contribution in [0.3, 0.4) is 0 Å². The summed E-state index contributed by atoms with van der Waals surface area (Å²) in [4.78, 5) is 24.0. The number of rotatable bonds is 2. The third kappa shape index (κ3) is 2.45. The van der Waals surface area contributed by atoms with Gasteiger partial charge in [0.2, 0.25) is 5.91 Å². The number of carboxylic acid groups (broad SMARTS) is 1. The highest BCUT2D eigenvalue weighted by atomic mass is 79.9. The zero-order chi connectivity index (χ0) is 12.6. The van der Waals surface area contributed by atoms with E-state index < -0.39 is 11.9 Å². The molecule has 0 aliphatic carbocycles. The van der Waals surface area contributed by atoms with E-state index in [1.807, 2.05) is 0 Å². The Labute approximate surface area is 111 Å². The summed E-state index contributed by atoms with van der Waals surface area (Å²) < 4.78 is 0.740. The first-order chi connectivity index (χ1) is 7.99. The van der Waals surface area contributed by atoms with Gasteiger partial charge in [0.05, 0.1) is 10.9 Å². The van der Waals surface area contributed by atoms with E-state index in [0.717, 1.165) is 4.47 Å². The van der Waals surface area contributed by atoms with Crippen molar-refractivity contribution < 1.29 is 14.7 Å². The van der Waals surface area contributed by atoms with E-state index in [1.54, 1.807) is 18.2 Å². The lowest BCUT2D eigenvalue weighted by atomic mass is 10.1. The van der Waals surface area contributed by atoms with Crippen molar-refractivity contribution in [3.63, 3.8) is 0 Å². The van der Waals surface area contributed by atoms with Gasteiger partial charge in [0.1, 0.15) is 0 Å². The average Bonchev–Trinajstić information content (AvgIpc) is 2.65. The second kappa shape index (κ2) is 4.66. The Bertz CT molecular complexity index is 492. The number of carbonyl (C=O) groups is 2. The molecule has 90 valence electrons. The summed E-state index contributed by atoms with van der Waals surface area (Å²) in [6.45, 7) is 0.201. The van der Waals surface area contributed by atoms with Crippen LogP contribution >= 0.6 is 27.5 Å². The van der Waals surface area contributed by atoms with Gasteiger partial charge in [0, 0.05) is 23.1 Å². The molecule has 1 aromatic rings. The van der Waals surface area contributed by atoms with E-state index >= 15 is 0 Å². The molecule has 1 saturated heterocycles. The fourth-order valence-corrected chi connectivity index (χ4v) is 2.20. The Morgan fingerprint density at radius 3 is 2.76 bits per heavy atom. The minimum absolute atomic E-state index is 0.0447. The van der Waals surface area contributed by atoms with Crippen molar-refractivity contribution in [2.75, 3.05) is 11.4 Å². The predicted molar refractivity (Wildman–Crippen MR) is 67.2 cm³/mol. The molecule has 1 amide bonds. The van der Waals surface area contributed by atoms with Crippen molar-refractivity contribution in [2.24, 2.45) is 5.92 Å². The van der Waals surface area contributed by atoms with E-state index in [-0.39, 0.29) is 18.9 Å². The number of carboxylic acids is 1. The van der Waals surface area contributed by atoms with Crippen molar-refractivity contribution in [1.29, 1.82) is 0 Å². The summed E-state index contributed by atoms with van der Waals surface area (Å²) in [5, 5.41) is 9.38. The number of carbonyl (C=O) groups excluding carboxylic acids is 1. The molecule has 0 spiro atoms. The molecule has 4 nitrogen and oxygen atoms in total. The lowest BCUT2D eigenvalue weighted by Crippen LogP contribution is -2.25. The highest BCUT2D eigenvalue weighted by Crippen LogP contribution is 2.31. The van der Waals surface area contributed by atoms with E-state index in [0.29, 0.717) is 10.7 Å². The minimum Gasteiger partial charge on any atom is -0.481 e. The molecule has 0 unspecified atom stereocenters. The fourth-order valence-electron chi connectivity index (χ4n) is 1.78. The molecule has 2 rings (SSSR count). The lowest BCUT2D eigenvalue weighted by Gasteiger charge is -2.16. The van der Waals surface area contributed by atoms with Crippen LogP contribution in [-0.4, -0.2) is 23.5 Å². The molecule has 0 bridgehead atoms. The van der Waals surface area contributed by atoms with Gasteiger partial charge in [-0.05, 0) is 34.1 Å². The van der Waals surface area contributed by atoms with Crippen LogP contribution in [0.4, 0.5) is 5.69 Å². The number of benzene rings is 1. The quantitative estimate of drug-likeness (QED) is 0.911. The predicted octanol–water partition coefficient (Wildman–Crippen LogP) is 2.54. The van der Waals surface area contributed by atoms with Gasteiger partial charge in [0.25, 0.3) is 0 Å². The van der Waals surface area contributed by atoms with Crippen molar-refractivity contribution >= 4 is 45.1 Å². The van der Waals surface area contributed by atoms with Crippen molar-refractivity contribution in [2.45, 2.75) is 6.42 Å². The van der Waals surface area contributed by atoms with Crippen LogP contribution in [0.5, 0.6) is 0 Å². The van der Waals surface area contributed by atoms with E-state index in [1.165, 1.54) is 4.90 Å². The van der Waals surface area contributed by atoms with E-state index in [4.69, 9.17) is 16.7 Å². The first-order valence-electron chi connectivity index (χ1n) is 4.97. The monoisotopic (exact) mass is 317 g/mol.